The molecule has 158 valence electrons. The van der Waals surface area contributed by atoms with Gasteiger partial charge in [-0.3, -0.25) is 0 Å². The van der Waals surface area contributed by atoms with Crippen molar-refractivity contribution < 1.29 is 9.47 Å². The van der Waals surface area contributed by atoms with E-state index >= 15 is 0 Å². The fourth-order valence-corrected chi connectivity index (χ4v) is 3.88. The molecule has 6 nitrogen and oxygen atoms in total. The van der Waals surface area contributed by atoms with Gasteiger partial charge in [0, 0.05) is 5.02 Å². The van der Waals surface area contributed by atoms with Crippen LogP contribution in [-0.4, -0.2) is 22.8 Å². The van der Waals surface area contributed by atoms with Crippen molar-refractivity contribution in [2.45, 2.75) is 13.5 Å². The SMILES string of the molecule is CCOc1cc(/C=N\Nc2nc3ccccc3[nH]2)cc(I)c1OCc1ccc(Cl)cc1. The fourth-order valence-electron chi connectivity index (χ4n) is 2.98. The Balaban J connectivity index is 1.48. The molecule has 0 saturated heterocycles. The molecule has 4 rings (SSSR count). The molecule has 2 N–H and O–H groups in total. The average Bonchev–Trinajstić information content (AvgIpc) is 3.17. The molecule has 4 aromatic rings. The molecule has 0 spiro atoms. The van der Waals surface area contributed by atoms with E-state index in [-0.39, 0.29) is 0 Å². The van der Waals surface area contributed by atoms with Crippen LogP contribution >= 0.6 is 34.2 Å². The van der Waals surface area contributed by atoms with Crippen LogP contribution in [0.5, 0.6) is 11.5 Å². The highest BCUT2D eigenvalue weighted by molar-refractivity contribution is 14.1. The number of H-pyrrole nitrogens is 1. The van der Waals surface area contributed by atoms with Crippen LogP contribution in [0.25, 0.3) is 11.0 Å². The monoisotopic (exact) mass is 546 g/mol. The summed E-state index contributed by atoms with van der Waals surface area (Å²) >= 11 is 8.20. The van der Waals surface area contributed by atoms with Crippen molar-refractivity contribution in [2.24, 2.45) is 5.10 Å². The molecule has 0 unspecified atom stereocenters. The normalized spacial score (nSPS) is 11.2. The second-order valence-corrected chi connectivity index (χ2v) is 8.25. The lowest BCUT2D eigenvalue weighted by Crippen LogP contribution is -2.03. The van der Waals surface area contributed by atoms with Crippen molar-refractivity contribution in [3.63, 3.8) is 0 Å². The van der Waals surface area contributed by atoms with Gasteiger partial charge in [0.1, 0.15) is 6.61 Å². The molecule has 0 bridgehead atoms. The van der Waals surface area contributed by atoms with Crippen molar-refractivity contribution in [3.05, 3.63) is 80.4 Å². The summed E-state index contributed by atoms with van der Waals surface area (Å²) in [5.74, 6) is 1.97. The van der Waals surface area contributed by atoms with Gasteiger partial charge in [-0.15, -0.1) is 0 Å². The van der Waals surface area contributed by atoms with Gasteiger partial charge in [0.05, 0.1) is 27.4 Å². The van der Waals surface area contributed by atoms with Crippen LogP contribution in [0, 0.1) is 3.57 Å². The third kappa shape index (κ3) is 5.48. The number of ether oxygens (including phenoxy) is 2. The third-order valence-electron chi connectivity index (χ3n) is 4.40. The van der Waals surface area contributed by atoms with Crippen molar-refractivity contribution in [3.8, 4) is 11.5 Å². The summed E-state index contributed by atoms with van der Waals surface area (Å²) in [5.41, 5.74) is 6.69. The molecule has 0 saturated carbocycles. The Bertz CT molecular complexity index is 1180. The molecular weight excluding hydrogens is 527 g/mol. The van der Waals surface area contributed by atoms with Crippen LogP contribution in [0.15, 0.2) is 65.8 Å². The quantitative estimate of drug-likeness (QED) is 0.156. The lowest BCUT2D eigenvalue weighted by atomic mass is 10.2. The summed E-state index contributed by atoms with van der Waals surface area (Å²) in [4.78, 5) is 7.63. The van der Waals surface area contributed by atoms with E-state index in [9.17, 15) is 0 Å². The largest absolute Gasteiger partial charge is 0.490 e. The number of hydrazone groups is 1. The van der Waals surface area contributed by atoms with Gasteiger partial charge < -0.3 is 14.5 Å². The van der Waals surface area contributed by atoms with E-state index in [0.717, 1.165) is 25.7 Å². The number of nitrogens with zero attached hydrogens (tertiary/aromatic N) is 2. The van der Waals surface area contributed by atoms with Gasteiger partial charge in [0.25, 0.3) is 0 Å². The lowest BCUT2D eigenvalue weighted by Gasteiger charge is -2.14. The van der Waals surface area contributed by atoms with Gasteiger partial charge in [-0.05, 0) is 77.0 Å². The van der Waals surface area contributed by atoms with E-state index < -0.39 is 0 Å². The number of aromatic amines is 1. The molecule has 3 aromatic carbocycles. The zero-order valence-corrected chi connectivity index (χ0v) is 19.6. The minimum Gasteiger partial charge on any atom is -0.490 e. The maximum absolute atomic E-state index is 6.06. The molecule has 1 heterocycles. The zero-order valence-electron chi connectivity index (χ0n) is 16.7. The molecule has 0 amide bonds. The first-order chi connectivity index (χ1) is 15.1. The highest BCUT2D eigenvalue weighted by Gasteiger charge is 2.12. The van der Waals surface area contributed by atoms with Gasteiger partial charge in [-0.1, -0.05) is 35.9 Å². The summed E-state index contributed by atoms with van der Waals surface area (Å²) in [6.45, 7) is 2.90. The van der Waals surface area contributed by atoms with Crippen molar-refractivity contribution in [2.75, 3.05) is 12.0 Å². The van der Waals surface area contributed by atoms with Gasteiger partial charge in [0.15, 0.2) is 11.5 Å². The summed E-state index contributed by atoms with van der Waals surface area (Å²) in [5, 5.41) is 5.00. The molecular formula is C23H20ClIN4O2. The molecule has 31 heavy (non-hydrogen) atoms. The van der Waals surface area contributed by atoms with Gasteiger partial charge in [0.2, 0.25) is 5.95 Å². The standard InChI is InChI=1S/C23H20ClIN4O2/c1-2-30-21-12-16(13-26-29-23-27-19-5-3-4-6-20(19)28-23)11-18(25)22(21)31-14-15-7-9-17(24)10-8-15/h3-13H,2,14H2,1H3,(H2,27,28,29)/b26-13-. The summed E-state index contributed by atoms with van der Waals surface area (Å²) < 4.78 is 12.8. The summed E-state index contributed by atoms with van der Waals surface area (Å²) in [7, 11) is 0. The smallest absolute Gasteiger partial charge is 0.222 e. The zero-order chi connectivity index (χ0) is 21.6. The second kappa shape index (κ2) is 10.0. The Morgan fingerprint density at radius 3 is 2.71 bits per heavy atom. The number of halogens is 2. The maximum Gasteiger partial charge on any atom is 0.222 e. The van der Waals surface area contributed by atoms with Gasteiger partial charge in [-0.2, -0.15) is 5.10 Å². The Morgan fingerprint density at radius 1 is 1.13 bits per heavy atom. The molecule has 1 aromatic heterocycles. The van der Waals surface area contributed by atoms with Gasteiger partial charge in [-0.25, -0.2) is 10.4 Å². The Kier molecular flexibility index (Phi) is 6.93. The Labute approximate surface area is 198 Å². The van der Waals surface area contributed by atoms with E-state index in [2.05, 4.69) is 43.1 Å². The molecule has 8 heteroatoms. The summed E-state index contributed by atoms with van der Waals surface area (Å²) in [6.07, 6.45) is 1.72. The Morgan fingerprint density at radius 2 is 1.94 bits per heavy atom. The minimum absolute atomic E-state index is 0.425. The molecule has 0 aliphatic rings. The number of nitrogens with one attached hydrogen (secondary N) is 2. The molecule has 0 aliphatic carbocycles. The first-order valence-electron chi connectivity index (χ1n) is 9.70. The van der Waals surface area contributed by atoms with E-state index in [4.69, 9.17) is 21.1 Å². The van der Waals surface area contributed by atoms with Crippen LogP contribution < -0.4 is 14.9 Å². The number of benzene rings is 3. The van der Waals surface area contributed by atoms with E-state index in [0.29, 0.717) is 35.7 Å². The highest BCUT2D eigenvalue weighted by atomic mass is 127. The molecule has 0 aliphatic heterocycles. The van der Waals surface area contributed by atoms with E-state index in [1.165, 1.54) is 0 Å². The lowest BCUT2D eigenvalue weighted by molar-refractivity contribution is 0.267. The number of hydrogen-bond donors (Lipinski definition) is 2. The maximum atomic E-state index is 6.06. The number of para-hydroxylation sites is 2. The predicted molar refractivity (Wildman–Crippen MR) is 133 cm³/mol. The average molecular weight is 547 g/mol. The van der Waals surface area contributed by atoms with Crippen LogP contribution in [-0.2, 0) is 6.61 Å². The summed E-state index contributed by atoms with van der Waals surface area (Å²) in [6, 6.07) is 19.3. The van der Waals surface area contributed by atoms with Gasteiger partial charge >= 0.3 is 0 Å². The highest BCUT2D eigenvalue weighted by Crippen LogP contribution is 2.34. The van der Waals surface area contributed by atoms with Crippen molar-refractivity contribution in [1.29, 1.82) is 0 Å². The predicted octanol–water partition coefficient (Wildman–Crippen LogP) is 6.24. The number of imidazole rings is 1. The minimum atomic E-state index is 0.425. The number of fused-ring (bicyclic) bond motifs is 1. The molecule has 0 radical (unpaired) electrons. The van der Waals surface area contributed by atoms with Crippen LogP contribution in [0.2, 0.25) is 5.02 Å². The second-order valence-electron chi connectivity index (χ2n) is 6.65. The number of hydrogen-bond acceptors (Lipinski definition) is 5. The van der Waals surface area contributed by atoms with Crippen molar-refractivity contribution >= 4 is 57.4 Å². The molecule has 0 atom stereocenters. The van der Waals surface area contributed by atoms with Crippen molar-refractivity contribution in [1.82, 2.24) is 9.97 Å². The number of anilines is 1. The Hall–Kier alpha value is -2.78. The number of aromatic nitrogens is 2. The topological polar surface area (TPSA) is 71.5 Å². The van der Waals surface area contributed by atoms with E-state index in [1.54, 1.807) is 6.21 Å². The van der Waals surface area contributed by atoms with Crippen LogP contribution in [0.3, 0.4) is 0 Å². The first-order valence-corrected chi connectivity index (χ1v) is 11.2. The van der Waals surface area contributed by atoms with Crippen LogP contribution in [0.1, 0.15) is 18.1 Å². The fraction of sp³-hybridized carbons (Fsp3) is 0.130. The number of rotatable bonds is 8. The third-order valence-corrected chi connectivity index (χ3v) is 5.45. The molecule has 0 fully saturated rings. The van der Waals surface area contributed by atoms with E-state index in [1.807, 2.05) is 67.6 Å². The first kappa shape index (κ1) is 21.5. The van der Waals surface area contributed by atoms with Crippen LogP contribution in [0.4, 0.5) is 5.95 Å².